The number of hydrogen-bond donors (Lipinski definition) is 1. The van der Waals surface area contributed by atoms with Crippen molar-refractivity contribution in [2.45, 2.75) is 6.92 Å². The summed E-state index contributed by atoms with van der Waals surface area (Å²) in [5.74, 6) is 0.285. The van der Waals surface area contributed by atoms with Crippen molar-refractivity contribution in [3.8, 4) is 17.7 Å². The molecule has 0 aliphatic rings. The van der Waals surface area contributed by atoms with Crippen molar-refractivity contribution in [2.24, 2.45) is 0 Å². The fourth-order valence-electron chi connectivity index (χ4n) is 1.43. The predicted octanol–water partition coefficient (Wildman–Crippen LogP) is 2.10. The summed E-state index contributed by atoms with van der Waals surface area (Å²) in [6, 6.07) is 10.3. The van der Waals surface area contributed by atoms with E-state index in [-0.39, 0.29) is 17.4 Å². The molecule has 0 fully saturated rings. The van der Waals surface area contributed by atoms with Crippen LogP contribution in [0.2, 0.25) is 0 Å². The maximum absolute atomic E-state index is 11.1. The van der Waals surface area contributed by atoms with E-state index < -0.39 is 0 Å². The van der Waals surface area contributed by atoms with Gasteiger partial charge in [0, 0.05) is 6.92 Å². The maximum Gasteiger partial charge on any atom is 0.257 e. The monoisotopic (exact) mass is 254 g/mol. The summed E-state index contributed by atoms with van der Waals surface area (Å²) < 4.78 is 5.52. The van der Waals surface area contributed by atoms with Crippen molar-refractivity contribution < 1.29 is 9.53 Å². The highest BCUT2D eigenvalue weighted by atomic mass is 16.5. The van der Waals surface area contributed by atoms with Gasteiger partial charge >= 0.3 is 0 Å². The third kappa shape index (κ3) is 3.04. The Balaban J connectivity index is 2.33. The Hall–Kier alpha value is -2.94. The second kappa shape index (κ2) is 5.60. The lowest BCUT2D eigenvalue weighted by atomic mass is 10.3. The van der Waals surface area contributed by atoms with Crippen LogP contribution < -0.4 is 10.1 Å². The molecule has 6 heteroatoms. The topological polar surface area (TPSA) is 87.9 Å². The highest BCUT2D eigenvalue weighted by molar-refractivity contribution is 5.90. The third-order valence-corrected chi connectivity index (χ3v) is 2.21. The van der Waals surface area contributed by atoms with Crippen molar-refractivity contribution >= 4 is 11.6 Å². The van der Waals surface area contributed by atoms with E-state index in [0.717, 1.165) is 0 Å². The summed E-state index contributed by atoms with van der Waals surface area (Å²) in [6.07, 6.45) is 1.41. The number of nitrogens with one attached hydrogen (secondary N) is 1. The minimum absolute atomic E-state index is 0.0998. The minimum Gasteiger partial charge on any atom is -0.434 e. The first-order valence-electron chi connectivity index (χ1n) is 5.47. The number of anilines is 1. The second-order valence-electron chi connectivity index (χ2n) is 3.64. The molecule has 19 heavy (non-hydrogen) atoms. The molecule has 1 amide bonds. The Labute approximate surface area is 109 Å². The van der Waals surface area contributed by atoms with Gasteiger partial charge in [0.15, 0.2) is 5.75 Å². The van der Waals surface area contributed by atoms with Gasteiger partial charge < -0.3 is 10.1 Å². The average molecular weight is 254 g/mol. The molecule has 1 aromatic carbocycles. The Kier molecular flexibility index (Phi) is 3.69. The van der Waals surface area contributed by atoms with Gasteiger partial charge in [-0.3, -0.25) is 4.79 Å². The minimum atomic E-state index is -0.212. The molecule has 0 aliphatic carbocycles. The molecule has 0 aliphatic heterocycles. The van der Waals surface area contributed by atoms with Crippen LogP contribution in [-0.4, -0.2) is 16.1 Å². The number of hydrogen-bond acceptors (Lipinski definition) is 5. The molecule has 0 unspecified atom stereocenters. The summed E-state index contributed by atoms with van der Waals surface area (Å²) in [7, 11) is 0. The van der Waals surface area contributed by atoms with E-state index in [4.69, 9.17) is 10.00 Å². The van der Waals surface area contributed by atoms with Gasteiger partial charge in [-0.2, -0.15) is 10.4 Å². The maximum atomic E-state index is 11.1. The van der Waals surface area contributed by atoms with Gasteiger partial charge in [0.2, 0.25) is 5.91 Å². The number of nitrogens with zero attached hydrogens (tertiary/aromatic N) is 3. The van der Waals surface area contributed by atoms with Crippen LogP contribution in [0.25, 0.3) is 0 Å². The lowest BCUT2D eigenvalue weighted by Crippen LogP contribution is -2.07. The number of ether oxygens (including phenoxy) is 1. The highest BCUT2D eigenvalue weighted by Crippen LogP contribution is 2.29. The second-order valence-corrected chi connectivity index (χ2v) is 3.64. The molecule has 1 heterocycles. The molecule has 2 aromatic rings. The van der Waals surface area contributed by atoms with Gasteiger partial charge in [0.05, 0.1) is 11.9 Å². The molecule has 0 radical (unpaired) electrons. The summed E-state index contributed by atoms with van der Waals surface area (Å²) in [6.45, 7) is 1.40. The summed E-state index contributed by atoms with van der Waals surface area (Å²) >= 11 is 0. The first kappa shape index (κ1) is 12.5. The average Bonchev–Trinajstić information content (AvgIpc) is 2.41. The lowest BCUT2D eigenvalue weighted by molar-refractivity contribution is -0.114. The van der Waals surface area contributed by atoms with Crippen LogP contribution in [0, 0.1) is 11.3 Å². The standard InChI is InChI=1S/C13H10N4O2/c1-9(18)16-11-4-2-3-5-12(11)19-13-10(8-14)6-7-15-17-13/h2-7H,1H3,(H,16,18). The van der Waals surface area contributed by atoms with Gasteiger partial charge in [0.25, 0.3) is 5.88 Å². The molecule has 0 spiro atoms. The molecule has 0 atom stereocenters. The summed E-state index contributed by atoms with van der Waals surface area (Å²) in [4.78, 5) is 11.1. The Morgan fingerprint density at radius 2 is 2.16 bits per heavy atom. The fraction of sp³-hybridized carbons (Fsp3) is 0.0769. The zero-order valence-corrected chi connectivity index (χ0v) is 10.1. The number of aromatic nitrogens is 2. The van der Waals surface area contributed by atoms with E-state index in [1.807, 2.05) is 6.07 Å². The van der Waals surface area contributed by atoms with Gasteiger partial charge in [-0.15, -0.1) is 5.10 Å². The van der Waals surface area contributed by atoms with Gasteiger partial charge in [-0.05, 0) is 18.2 Å². The van der Waals surface area contributed by atoms with Crippen LogP contribution in [0.5, 0.6) is 11.6 Å². The van der Waals surface area contributed by atoms with Crippen molar-refractivity contribution in [2.75, 3.05) is 5.32 Å². The largest absolute Gasteiger partial charge is 0.434 e. The number of rotatable bonds is 3. The van der Waals surface area contributed by atoms with Crippen LogP contribution in [0.1, 0.15) is 12.5 Å². The zero-order chi connectivity index (χ0) is 13.7. The molecule has 2 rings (SSSR count). The quantitative estimate of drug-likeness (QED) is 0.906. The van der Waals surface area contributed by atoms with E-state index >= 15 is 0 Å². The van der Waals surface area contributed by atoms with Gasteiger partial charge in [-0.1, -0.05) is 12.1 Å². The predicted molar refractivity (Wildman–Crippen MR) is 67.6 cm³/mol. The van der Waals surface area contributed by atoms with E-state index in [2.05, 4.69) is 15.5 Å². The van der Waals surface area contributed by atoms with E-state index in [1.165, 1.54) is 19.2 Å². The molecule has 6 nitrogen and oxygen atoms in total. The van der Waals surface area contributed by atoms with Gasteiger partial charge in [0.1, 0.15) is 11.6 Å². The van der Waals surface area contributed by atoms with E-state index in [9.17, 15) is 4.79 Å². The number of nitriles is 1. The van der Waals surface area contributed by atoms with Crippen LogP contribution in [0.15, 0.2) is 36.5 Å². The number of amides is 1. The van der Waals surface area contributed by atoms with E-state index in [0.29, 0.717) is 11.4 Å². The van der Waals surface area contributed by atoms with Crippen LogP contribution in [0.3, 0.4) is 0 Å². The first-order valence-corrected chi connectivity index (χ1v) is 5.47. The van der Waals surface area contributed by atoms with Crippen LogP contribution in [0.4, 0.5) is 5.69 Å². The fourth-order valence-corrected chi connectivity index (χ4v) is 1.43. The Morgan fingerprint density at radius 1 is 1.37 bits per heavy atom. The molecule has 0 saturated heterocycles. The van der Waals surface area contributed by atoms with Crippen LogP contribution >= 0.6 is 0 Å². The van der Waals surface area contributed by atoms with Crippen molar-refractivity contribution in [3.63, 3.8) is 0 Å². The molecule has 94 valence electrons. The summed E-state index contributed by atoms with van der Waals surface area (Å²) in [5.41, 5.74) is 0.775. The normalized spacial score (nSPS) is 9.47. The number of carbonyl (C=O) groups is 1. The van der Waals surface area contributed by atoms with Crippen molar-refractivity contribution in [1.82, 2.24) is 10.2 Å². The smallest absolute Gasteiger partial charge is 0.257 e. The third-order valence-electron chi connectivity index (χ3n) is 2.21. The number of benzene rings is 1. The highest BCUT2D eigenvalue weighted by Gasteiger charge is 2.10. The number of para-hydroxylation sites is 2. The summed E-state index contributed by atoms with van der Waals surface area (Å²) in [5, 5.41) is 19.0. The molecular formula is C13H10N4O2. The lowest BCUT2D eigenvalue weighted by Gasteiger charge is -2.10. The Bertz CT molecular complexity index is 649. The molecule has 0 bridgehead atoms. The van der Waals surface area contributed by atoms with Crippen molar-refractivity contribution in [1.29, 1.82) is 5.26 Å². The van der Waals surface area contributed by atoms with E-state index in [1.54, 1.807) is 24.3 Å². The van der Waals surface area contributed by atoms with Crippen LogP contribution in [-0.2, 0) is 4.79 Å². The molecule has 1 aromatic heterocycles. The van der Waals surface area contributed by atoms with Gasteiger partial charge in [-0.25, -0.2) is 0 Å². The Morgan fingerprint density at radius 3 is 2.89 bits per heavy atom. The SMILES string of the molecule is CC(=O)Nc1ccccc1Oc1nnccc1C#N. The van der Waals surface area contributed by atoms with Crippen molar-refractivity contribution in [3.05, 3.63) is 42.1 Å². The molecule has 1 N–H and O–H groups in total. The molecular weight excluding hydrogens is 244 g/mol. The molecule has 0 saturated carbocycles. The number of carbonyl (C=O) groups excluding carboxylic acids is 1. The first-order chi connectivity index (χ1) is 9.20. The zero-order valence-electron chi connectivity index (χ0n) is 10.1.